The Morgan fingerprint density at radius 2 is 2.39 bits per heavy atom. The van der Waals surface area contributed by atoms with Crippen LogP contribution >= 0.6 is 0 Å². The zero-order valence-electron chi connectivity index (χ0n) is 11.1. The molecule has 1 aliphatic rings. The average Bonchev–Trinajstić information content (AvgIpc) is 2.96. The molecule has 1 fully saturated rings. The van der Waals surface area contributed by atoms with Gasteiger partial charge in [0.1, 0.15) is 5.69 Å². The maximum absolute atomic E-state index is 11.0. The fraction of sp³-hybridized carbons (Fsp3) is 0.769. The number of aldehydes is 1. The van der Waals surface area contributed by atoms with Gasteiger partial charge in [-0.1, -0.05) is 19.1 Å². The largest absolute Gasteiger partial charge is 0.376 e. The van der Waals surface area contributed by atoms with E-state index in [0.29, 0.717) is 18.2 Å². The first-order valence-electron chi connectivity index (χ1n) is 6.70. The van der Waals surface area contributed by atoms with Gasteiger partial charge in [0.25, 0.3) is 0 Å². The minimum atomic E-state index is 0.226. The SMILES string of the molecule is CC(C)CCc1c(C=O)nnn1CC1CCCO1. The summed E-state index contributed by atoms with van der Waals surface area (Å²) < 4.78 is 7.45. The van der Waals surface area contributed by atoms with E-state index < -0.39 is 0 Å². The van der Waals surface area contributed by atoms with E-state index in [9.17, 15) is 4.79 Å². The van der Waals surface area contributed by atoms with Crippen LogP contribution in [-0.2, 0) is 17.7 Å². The predicted molar refractivity (Wildman–Crippen MR) is 67.5 cm³/mol. The molecule has 2 rings (SSSR count). The minimum Gasteiger partial charge on any atom is -0.376 e. The van der Waals surface area contributed by atoms with E-state index in [-0.39, 0.29) is 6.10 Å². The molecule has 0 aromatic carbocycles. The molecule has 1 aromatic rings. The van der Waals surface area contributed by atoms with Gasteiger partial charge >= 0.3 is 0 Å². The van der Waals surface area contributed by atoms with E-state index in [2.05, 4.69) is 24.2 Å². The molecule has 1 unspecified atom stereocenters. The molecule has 0 bridgehead atoms. The third-order valence-electron chi connectivity index (χ3n) is 3.34. The highest BCUT2D eigenvalue weighted by molar-refractivity contribution is 5.73. The van der Waals surface area contributed by atoms with Crippen molar-refractivity contribution in [1.29, 1.82) is 0 Å². The van der Waals surface area contributed by atoms with Crippen molar-refractivity contribution in [2.75, 3.05) is 6.61 Å². The number of ether oxygens (including phenoxy) is 1. The molecular formula is C13H21N3O2. The van der Waals surface area contributed by atoms with Crippen molar-refractivity contribution in [3.8, 4) is 0 Å². The van der Waals surface area contributed by atoms with Gasteiger partial charge in [-0.15, -0.1) is 5.10 Å². The molecule has 100 valence electrons. The monoisotopic (exact) mass is 251 g/mol. The molecule has 1 aliphatic heterocycles. The van der Waals surface area contributed by atoms with Crippen LogP contribution in [0.25, 0.3) is 0 Å². The Bertz CT molecular complexity index is 395. The van der Waals surface area contributed by atoms with E-state index in [0.717, 1.165) is 44.3 Å². The van der Waals surface area contributed by atoms with Crippen molar-refractivity contribution in [1.82, 2.24) is 15.0 Å². The number of nitrogens with zero attached hydrogens (tertiary/aromatic N) is 3. The van der Waals surface area contributed by atoms with E-state index in [1.165, 1.54) is 0 Å². The average molecular weight is 251 g/mol. The molecule has 0 saturated carbocycles. The highest BCUT2D eigenvalue weighted by Crippen LogP contribution is 2.17. The lowest BCUT2D eigenvalue weighted by atomic mass is 10.1. The molecule has 5 heteroatoms. The zero-order chi connectivity index (χ0) is 13.0. The first kappa shape index (κ1) is 13.2. The molecule has 0 amide bonds. The second-order valence-corrected chi connectivity index (χ2v) is 5.29. The summed E-state index contributed by atoms with van der Waals surface area (Å²) in [5.41, 5.74) is 1.43. The molecule has 0 spiro atoms. The van der Waals surface area contributed by atoms with Gasteiger partial charge in [0.05, 0.1) is 18.3 Å². The molecule has 18 heavy (non-hydrogen) atoms. The lowest BCUT2D eigenvalue weighted by molar-refractivity contribution is 0.0926. The van der Waals surface area contributed by atoms with Gasteiger partial charge in [-0.2, -0.15) is 0 Å². The molecule has 2 heterocycles. The molecule has 1 atom stereocenters. The Morgan fingerprint density at radius 1 is 1.56 bits per heavy atom. The third kappa shape index (κ3) is 3.16. The van der Waals surface area contributed by atoms with Gasteiger partial charge in [-0.3, -0.25) is 4.79 Å². The van der Waals surface area contributed by atoms with Crippen LogP contribution in [0.4, 0.5) is 0 Å². The topological polar surface area (TPSA) is 57.0 Å². The van der Waals surface area contributed by atoms with Crippen molar-refractivity contribution in [2.24, 2.45) is 5.92 Å². The first-order chi connectivity index (χ1) is 8.70. The summed E-state index contributed by atoms with van der Waals surface area (Å²) in [5.74, 6) is 0.607. The fourth-order valence-corrected chi connectivity index (χ4v) is 2.25. The van der Waals surface area contributed by atoms with Gasteiger partial charge in [0.2, 0.25) is 0 Å². The van der Waals surface area contributed by atoms with Gasteiger partial charge in [0, 0.05) is 6.61 Å². The van der Waals surface area contributed by atoms with Crippen LogP contribution in [0.2, 0.25) is 0 Å². The van der Waals surface area contributed by atoms with Gasteiger partial charge in [-0.25, -0.2) is 4.68 Å². The standard InChI is InChI=1S/C13H21N3O2/c1-10(2)5-6-13-12(9-17)14-15-16(13)8-11-4-3-7-18-11/h9-11H,3-8H2,1-2H3. The molecule has 0 N–H and O–H groups in total. The second-order valence-electron chi connectivity index (χ2n) is 5.29. The normalized spacial score (nSPS) is 19.6. The highest BCUT2D eigenvalue weighted by Gasteiger charge is 2.20. The van der Waals surface area contributed by atoms with Crippen LogP contribution in [0, 0.1) is 5.92 Å². The molecule has 1 saturated heterocycles. The van der Waals surface area contributed by atoms with Crippen molar-refractivity contribution in [3.63, 3.8) is 0 Å². The number of aromatic nitrogens is 3. The van der Waals surface area contributed by atoms with Crippen LogP contribution in [0.1, 0.15) is 49.3 Å². The van der Waals surface area contributed by atoms with E-state index in [1.807, 2.05) is 4.68 Å². The van der Waals surface area contributed by atoms with Crippen LogP contribution in [0.15, 0.2) is 0 Å². The number of carbonyl (C=O) groups excluding carboxylic acids is 1. The summed E-state index contributed by atoms with van der Waals surface area (Å²) in [6.07, 6.45) is 5.10. The Kier molecular flexibility index (Phi) is 4.47. The van der Waals surface area contributed by atoms with Crippen LogP contribution in [0.3, 0.4) is 0 Å². The van der Waals surface area contributed by atoms with Crippen molar-refractivity contribution >= 4 is 6.29 Å². The molecular weight excluding hydrogens is 230 g/mol. The number of carbonyl (C=O) groups is 1. The summed E-state index contributed by atoms with van der Waals surface area (Å²) in [6.45, 7) is 5.90. The number of hydrogen-bond donors (Lipinski definition) is 0. The summed E-state index contributed by atoms with van der Waals surface area (Å²) in [5, 5.41) is 8.03. The van der Waals surface area contributed by atoms with Crippen LogP contribution in [-0.4, -0.2) is 34.0 Å². The minimum absolute atomic E-state index is 0.226. The lowest BCUT2D eigenvalue weighted by Crippen LogP contribution is -2.18. The van der Waals surface area contributed by atoms with Crippen molar-refractivity contribution < 1.29 is 9.53 Å². The lowest BCUT2D eigenvalue weighted by Gasteiger charge is -2.12. The molecule has 0 aliphatic carbocycles. The molecule has 1 aromatic heterocycles. The Balaban J connectivity index is 2.07. The molecule has 5 nitrogen and oxygen atoms in total. The smallest absolute Gasteiger partial charge is 0.172 e. The van der Waals surface area contributed by atoms with Gasteiger partial charge < -0.3 is 4.74 Å². The number of hydrogen-bond acceptors (Lipinski definition) is 4. The summed E-state index contributed by atoms with van der Waals surface area (Å²) in [6, 6.07) is 0. The van der Waals surface area contributed by atoms with Crippen LogP contribution in [0.5, 0.6) is 0 Å². The Hall–Kier alpha value is -1.23. The van der Waals surface area contributed by atoms with Crippen LogP contribution < -0.4 is 0 Å². The fourth-order valence-electron chi connectivity index (χ4n) is 2.25. The summed E-state index contributed by atoms with van der Waals surface area (Å²) in [7, 11) is 0. The first-order valence-corrected chi connectivity index (χ1v) is 6.70. The van der Waals surface area contributed by atoms with E-state index in [1.54, 1.807) is 0 Å². The maximum Gasteiger partial charge on any atom is 0.172 e. The van der Waals surface area contributed by atoms with E-state index >= 15 is 0 Å². The molecule has 0 radical (unpaired) electrons. The van der Waals surface area contributed by atoms with Gasteiger partial charge in [0.15, 0.2) is 6.29 Å². The zero-order valence-corrected chi connectivity index (χ0v) is 11.1. The van der Waals surface area contributed by atoms with Crippen molar-refractivity contribution in [2.45, 2.75) is 52.2 Å². The predicted octanol–water partition coefficient (Wildman–Crippen LogP) is 1.86. The third-order valence-corrected chi connectivity index (χ3v) is 3.34. The second kappa shape index (κ2) is 6.09. The summed E-state index contributed by atoms with van der Waals surface area (Å²) >= 11 is 0. The quantitative estimate of drug-likeness (QED) is 0.724. The van der Waals surface area contributed by atoms with E-state index in [4.69, 9.17) is 4.74 Å². The Labute approximate surface area is 108 Å². The highest BCUT2D eigenvalue weighted by atomic mass is 16.5. The Morgan fingerprint density at radius 3 is 3.00 bits per heavy atom. The van der Waals surface area contributed by atoms with Gasteiger partial charge in [-0.05, 0) is 31.6 Å². The maximum atomic E-state index is 11.0. The van der Waals surface area contributed by atoms with Crippen molar-refractivity contribution in [3.05, 3.63) is 11.4 Å². The number of rotatable bonds is 6. The summed E-state index contributed by atoms with van der Waals surface area (Å²) in [4.78, 5) is 11.0.